The molecule has 0 spiro atoms. The van der Waals surface area contributed by atoms with Crippen molar-refractivity contribution >= 4 is 0 Å². The van der Waals surface area contributed by atoms with Crippen molar-refractivity contribution in [3.05, 3.63) is 0 Å². The van der Waals surface area contributed by atoms with Gasteiger partial charge in [-0.15, -0.1) is 0 Å². The molecule has 0 aromatic carbocycles. The van der Waals surface area contributed by atoms with E-state index in [0.29, 0.717) is 6.10 Å². The van der Waals surface area contributed by atoms with Gasteiger partial charge in [0.25, 0.3) is 0 Å². The maximum Gasteiger partial charge on any atom is 0.105 e. The molecule has 0 saturated carbocycles. The molecule has 0 bridgehead atoms. The van der Waals surface area contributed by atoms with E-state index in [2.05, 4.69) is 20.9 Å². The van der Waals surface area contributed by atoms with Gasteiger partial charge in [0.1, 0.15) is 12.6 Å². The van der Waals surface area contributed by atoms with Crippen molar-refractivity contribution < 1.29 is 9.22 Å². The third-order valence-electron chi connectivity index (χ3n) is 6.24. The minimum absolute atomic E-state index is 0.431. The van der Waals surface area contributed by atoms with Crippen molar-refractivity contribution in [1.82, 2.24) is 0 Å². The second-order valence-corrected chi connectivity index (χ2v) is 9.23. The van der Waals surface area contributed by atoms with E-state index in [4.69, 9.17) is 4.74 Å². The van der Waals surface area contributed by atoms with Gasteiger partial charge in [-0.2, -0.15) is 0 Å². The third kappa shape index (κ3) is 13.1. The van der Waals surface area contributed by atoms with Gasteiger partial charge in [-0.25, -0.2) is 0 Å². The number of likely N-dealkylation sites (N-methyl/N-ethyl adjacent to an activating group) is 1. The van der Waals surface area contributed by atoms with Crippen LogP contribution in [0.15, 0.2) is 0 Å². The number of quaternary nitrogens is 1. The van der Waals surface area contributed by atoms with E-state index in [9.17, 15) is 0 Å². The lowest BCUT2D eigenvalue weighted by atomic mass is 10.0. The monoisotopic (exact) mass is 368 g/mol. The van der Waals surface area contributed by atoms with Crippen LogP contribution in [0.1, 0.15) is 117 Å². The lowest BCUT2D eigenvalue weighted by molar-refractivity contribution is -0.900. The molecule has 2 heteroatoms. The first-order valence-electron chi connectivity index (χ1n) is 12.1. The van der Waals surface area contributed by atoms with Crippen LogP contribution in [0.4, 0.5) is 0 Å². The fraction of sp³-hybridized carbons (Fsp3) is 1.00. The predicted octanol–water partition coefficient (Wildman–Crippen LogP) is 7.11. The molecule has 0 radical (unpaired) electrons. The number of nitrogens with zero attached hydrogens (tertiary/aromatic N) is 1. The summed E-state index contributed by atoms with van der Waals surface area (Å²) in [4.78, 5) is 0. The van der Waals surface area contributed by atoms with Gasteiger partial charge >= 0.3 is 0 Å². The Kier molecular flexibility index (Phi) is 14.7. The van der Waals surface area contributed by atoms with Crippen LogP contribution in [0.25, 0.3) is 0 Å². The smallest absolute Gasteiger partial charge is 0.105 e. The summed E-state index contributed by atoms with van der Waals surface area (Å²) in [7, 11) is 2.40. The molecule has 1 unspecified atom stereocenters. The molecule has 0 amide bonds. The Hall–Kier alpha value is -0.0800. The topological polar surface area (TPSA) is 9.23 Å². The minimum Gasteiger partial charge on any atom is -0.373 e. The number of hydrogen-bond acceptors (Lipinski definition) is 1. The molecule has 0 aliphatic carbocycles. The largest absolute Gasteiger partial charge is 0.373 e. The molecule has 156 valence electrons. The average Bonchev–Trinajstić information content (AvgIpc) is 3.04. The zero-order valence-corrected chi connectivity index (χ0v) is 18.6. The molecule has 1 atom stereocenters. The van der Waals surface area contributed by atoms with Gasteiger partial charge in [-0.1, -0.05) is 90.4 Å². The highest BCUT2D eigenvalue weighted by Gasteiger charge is 2.28. The van der Waals surface area contributed by atoms with Crippen molar-refractivity contribution in [2.24, 2.45) is 0 Å². The summed E-state index contributed by atoms with van der Waals surface area (Å²) in [6, 6.07) is 0. The van der Waals surface area contributed by atoms with Crippen molar-refractivity contribution in [2.45, 2.75) is 123 Å². The highest BCUT2D eigenvalue weighted by molar-refractivity contribution is 4.57. The number of hydrogen-bond donors (Lipinski definition) is 0. The van der Waals surface area contributed by atoms with Crippen LogP contribution in [-0.2, 0) is 4.74 Å². The highest BCUT2D eigenvalue weighted by atomic mass is 16.5. The lowest BCUT2D eigenvalue weighted by Gasteiger charge is -2.31. The molecule has 0 aromatic heterocycles. The molecule has 1 fully saturated rings. The second-order valence-electron chi connectivity index (χ2n) is 9.23. The first kappa shape index (κ1) is 24.0. The number of likely N-dealkylation sites (tertiary alicyclic amines) is 1. The van der Waals surface area contributed by atoms with Crippen LogP contribution in [0, 0.1) is 0 Å². The summed E-state index contributed by atoms with van der Waals surface area (Å²) in [5.74, 6) is 0. The summed E-state index contributed by atoms with van der Waals surface area (Å²) >= 11 is 0. The molecular formula is C24H50NO+. The molecule has 2 nitrogen and oxygen atoms in total. The first-order valence-corrected chi connectivity index (χ1v) is 12.1. The average molecular weight is 369 g/mol. The highest BCUT2D eigenvalue weighted by Crippen LogP contribution is 2.18. The SMILES string of the molecule is CCCCCCCCCCCCCCCCOC(C)C[N+]1(C)CCCC1. The zero-order chi connectivity index (χ0) is 18.9. The Labute approximate surface area is 165 Å². The molecule has 1 rings (SSSR count). The summed E-state index contributed by atoms with van der Waals surface area (Å²) in [5, 5.41) is 0. The van der Waals surface area contributed by atoms with Crippen LogP contribution < -0.4 is 0 Å². The van der Waals surface area contributed by atoms with Crippen molar-refractivity contribution in [3.8, 4) is 0 Å². The van der Waals surface area contributed by atoms with E-state index < -0.39 is 0 Å². The molecule has 0 aromatic rings. The van der Waals surface area contributed by atoms with Crippen molar-refractivity contribution in [3.63, 3.8) is 0 Å². The Morgan fingerprint density at radius 3 is 1.58 bits per heavy atom. The Balaban J connectivity index is 1.75. The van der Waals surface area contributed by atoms with Gasteiger partial charge in [0.2, 0.25) is 0 Å². The van der Waals surface area contributed by atoms with Crippen LogP contribution in [0.2, 0.25) is 0 Å². The van der Waals surface area contributed by atoms with Crippen LogP contribution in [-0.4, -0.2) is 43.9 Å². The summed E-state index contributed by atoms with van der Waals surface area (Å²) < 4.78 is 7.30. The Morgan fingerprint density at radius 2 is 1.12 bits per heavy atom. The molecule has 1 aliphatic rings. The minimum atomic E-state index is 0.431. The first-order chi connectivity index (χ1) is 12.7. The van der Waals surface area contributed by atoms with Crippen molar-refractivity contribution in [1.29, 1.82) is 0 Å². The third-order valence-corrected chi connectivity index (χ3v) is 6.24. The number of ether oxygens (including phenoxy) is 1. The van der Waals surface area contributed by atoms with E-state index in [-0.39, 0.29) is 0 Å². The fourth-order valence-electron chi connectivity index (χ4n) is 4.54. The van der Waals surface area contributed by atoms with Crippen LogP contribution in [0.3, 0.4) is 0 Å². The van der Waals surface area contributed by atoms with E-state index >= 15 is 0 Å². The van der Waals surface area contributed by atoms with Gasteiger partial charge in [-0.3, -0.25) is 0 Å². The van der Waals surface area contributed by atoms with Gasteiger partial charge in [0.15, 0.2) is 0 Å². The van der Waals surface area contributed by atoms with Crippen molar-refractivity contribution in [2.75, 3.05) is 33.3 Å². The Bertz CT molecular complexity index is 299. The second kappa shape index (κ2) is 15.9. The predicted molar refractivity (Wildman–Crippen MR) is 116 cm³/mol. The summed E-state index contributed by atoms with van der Waals surface area (Å²) in [6.07, 6.45) is 23.2. The molecule has 0 N–H and O–H groups in total. The van der Waals surface area contributed by atoms with Gasteiger partial charge in [0, 0.05) is 19.4 Å². The Morgan fingerprint density at radius 1 is 0.692 bits per heavy atom. The van der Waals surface area contributed by atoms with E-state index in [1.54, 1.807) is 0 Å². The molecule has 26 heavy (non-hydrogen) atoms. The molecular weight excluding hydrogens is 318 g/mol. The lowest BCUT2D eigenvalue weighted by Crippen LogP contribution is -2.46. The normalized spacial score (nSPS) is 17.7. The summed E-state index contributed by atoms with van der Waals surface area (Å²) in [6.45, 7) is 9.45. The van der Waals surface area contributed by atoms with Gasteiger partial charge < -0.3 is 9.22 Å². The van der Waals surface area contributed by atoms with Gasteiger partial charge in [0.05, 0.1) is 20.1 Å². The van der Waals surface area contributed by atoms with E-state index in [1.165, 1.54) is 127 Å². The van der Waals surface area contributed by atoms with Crippen LogP contribution >= 0.6 is 0 Å². The molecule has 1 aliphatic heterocycles. The number of unbranched alkanes of at least 4 members (excludes halogenated alkanes) is 13. The number of rotatable bonds is 18. The maximum absolute atomic E-state index is 6.06. The standard InChI is InChI=1S/C24H50NO/c1-4-5-6-7-8-9-10-11-12-13-14-15-16-19-22-26-24(2)23-25(3)20-17-18-21-25/h24H,4-23H2,1-3H3/q+1. The zero-order valence-electron chi connectivity index (χ0n) is 18.6. The van der Waals surface area contributed by atoms with E-state index in [0.717, 1.165) is 6.61 Å². The fourth-order valence-corrected chi connectivity index (χ4v) is 4.54. The van der Waals surface area contributed by atoms with E-state index in [1.807, 2.05) is 0 Å². The molecule has 1 heterocycles. The summed E-state index contributed by atoms with van der Waals surface area (Å²) in [5.41, 5.74) is 0. The van der Waals surface area contributed by atoms with Gasteiger partial charge in [-0.05, 0) is 13.3 Å². The quantitative estimate of drug-likeness (QED) is 0.185. The maximum atomic E-state index is 6.06. The molecule has 1 saturated heterocycles. The van der Waals surface area contributed by atoms with Crippen LogP contribution in [0.5, 0.6) is 0 Å².